The lowest BCUT2D eigenvalue weighted by Crippen LogP contribution is -2.66. The molecule has 0 N–H and O–H groups in total. The predicted molar refractivity (Wildman–Crippen MR) is 41.3 cm³/mol. The maximum Gasteiger partial charge on any atom is 0.168 e. The van der Waals surface area contributed by atoms with Gasteiger partial charge in [0.15, 0.2) is 5.78 Å². The lowest BCUT2D eigenvalue weighted by Gasteiger charge is -2.54. The number of hydrogen-bond donors (Lipinski definition) is 0. The molecule has 62 valence electrons. The number of fused-ring (bicyclic) bond motifs is 2. The van der Waals surface area contributed by atoms with Gasteiger partial charge in [-0.15, -0.1) is 0 Å². The molecule has 2 heteroatoms. The predicted octanol–water partition coefficient (Wildman–Crippen LogP) is 1.39. The Labute approximate surface area is 66.9 Å². The van der Waals surface area contributed by atoms with Gasteiger partial charge in [0.05, 0.1) is 0 Å². The van der Waals surface area contributed by atoms with Crippen molar-refractivity contribution in [3.05, 3.63) is 0 Å². The molecule has 0 amide bonds. The monoisotopic (exact) mass is 154 g/mol. The zero-order valence-corrected chi connectivity index (χ0v) is 7.09. The van der Waals surface area contributed by atoms with Crippen molar-refractivity contribution in [1.29, 1.82) is 0 Å². The Morgan fingerprint density at radius 3 is 2.82 bits per heavy atom. The number of ether oxygens (including phenoxy) is 1. The first-order valence-corrected chi connectivity index (χ1v) is 4.38. The maximum absolute atomic E-state index is 11.4. The van der Waals surface area contributed by atoms with Crippen molar-refractivity contribution >= 4 is 5.78 Å². The van der Waals surface area contributed by atoms with Crippen LogP contribution in [0, 0.1) is 11.8 Å². The second-order valence-corrected chi connectivity index (χ2v) is 3.73. The number of carbonyl (C=O) groups excluding carboxylic acids is 1. The molecule has 1 saturated carbocycles. The Kier molecular flexibility index (Phi) is 1.37. The van der Waals surface area contributed by atoms with Crippen LogP contribution in [0.1, 0.15) is 26.7 Å². The summed E-state index contributed by atoms with van der Waals surface area (Å²) in [6, 6.07) is 0. The Morgan fingerprint density at radius 2 is 2.45 bits per heavy atom. The molecule has 2 bridgehead atoms. The summed E-state index contributed by atoms with van der Waals surface area (Å²) in [6.45, 7) is 4.86. The summed E-state index contributed by atoms with van der Waals surface area (Å²) >= 11 is 0. The van der Waals surface area contributed by atoms with Gasteiger partial charge < -0.3 is 4.74 Å². The van der Waals surface area contributed by atoms with E-state index in [9.17, 15) is 4.79 Å². The number of rotatable bonds is 1. The van der Waals surface area contributed by atoms with Crippen molar-refractivity contribution in [1.82, 2.24) is 0 Å². The third kappa shape index (κ3) is 0.684. The minimum absolute atomic E-state index is 0.332. The molecular weight excluding hydrogens is 140 g/mol. The molecule has 0 spiro atoms. The van der Waals surface area contributed by atoms with Gasteiger partial charge >= 0.3 is 0 Å². The standard InChI is InChI=1S/C9H14O2/c1-3-7-6-4-5-11-9(7,2)8(6)10/h6-7H,3-5H2,1-2H3/t6-,7+,9+/m1/s1. The van der Waals surface area contributed by atoms with E-state index in [-0.39, 0.29) is 0 Å². The number of Topliss-reactive ketones (excluding diaryl/α,β-unsaturated/α-hetero) is 1. The molecule has 0 aromatic rings. The molecule has 3 rings (SSSR count). The Balaban J connectivity index is 2.23. The molecule has 3 aliphatic rings. The SMILES string of the molecule is CC[C@H]1[C@H]2CCO[C@]1(C)C2=O. The van der Waals surface area contributed by atoms with Crippen LogP contribution in [-0.4, -0.2) is 18.0 Å². The van der Waals surface area contributed by atoms with E-state index in [1.54, 1.807) is 0 Å². The van der Waals surface area contributed by atoms with E-state index in [0.717, 1.165) is 19.4 Å². The molecule has 2 aliphatic heterocycles. The second kappa shape index (κ2) is 2.07. The van der Waals surface area contributed by atoms with Gasteiger partial charge in [-0.2, -0.15) is 0 Å². The van der Waals surface area contributed by atoms with Gasteiger partial charge in [-0.05, 0) is 19.8 Å². The quantitative estimate of drug-likeness (QED) is 0.570. The summed E-state index contributed by atoms with van der Waals surface area (Å²) in [6.07, 6.45) is 2.03. The summed E-state index contributed by atoms with van der Waals surface area (Å²) in [7, 11) is 0. The van der Waals surface area contributed by atoms with E-state index in [1.165, 1.54) is 0 Å². The van der Waals surface area contributed by atoms with E-state index >= 15 is 0 Å². The van der Waals surface area contributed by atoms with E-state index in [0.29, 0.717) is 17.6 Å². The van der Waals surface area contributed by atoms with Gasteiger partial charge in [0.25, 0.3) is 0 Å². The zero-order valence-electron chi connectivity index (χ0n) is 7.09. The summed E-state index contributed by atoms with van der Waals surface area (Å²) in [5.41, 5.74) is -0.391. The fourth-order valence-electron chi connectivity index (χ4n) is 2.60. The highest BCUT2D eigenvalue weighted by atomic mass is 16.5. The molecule has 0 aromatic carbocycles. The molecule has 0 aromatic heterocycles. The van der Waals surface area contributed by atoms with Crippen LogP contribution < -0.4 is 0 Å². The molecule has 3 atom stereocenters. The van der Waals surface area contributed by atoms with E-state index in [2.05, 4.69) is 6.92 Å². The summed E-state index contributed by atoms with van der Waals surface area (Å²) < 4.78 is 5.50. The smallest absolute Gasteiger partial charge is 0.168 e. The van der Waals surface area contributed by atoms with E-state index in [1.807, 2.05) is 6.92 Å². The number of ketones is 1. The molecular formula is C9H14O2. The van der Waals surface area contributed by atoms with Crippen molar-refractivity contribution in [2.24, 2.45) is 11.8 Å². The van der Waals surface area contributed by atoms with Crippen LogP contribution in [0.3, 0.4) is 0 Å². The highest BCUT2D eigenvalue weighted by Gasteiger charge is 2.61. The van der Waals surface area contributed by atoms with Gasteiger partial charge in [-0.25, -0.2) is 0 Å². The summed E-state index contributed by atoms with van der Waals surface area (Å²) in [5, 5.41) is 0. The molecule has 11 heavy (non-hydrogen) atoms. The van der Waals surface area contributed by atoms with E-state index < -0.39 is 5.60 Å². The lowest BCUT2D eigenvalue weighted by atomic mass is 9.57. The summed E-state index contributed by atoms with van der Waals surface area (Å²) in [4.78, 5) is 11.4. The van der Waals surface area contributed by atoms with Gasteiger partial charge in [-0.3, -0.25) is 4.79 Å². The maximum atomic E-state index is 11.4. The Morgan fingerprint density at radius 1 is 1.73 bits per heavy atom. The minimum Gasteiger partial charge on any atom is -0.367 e. The molecule has 2 saturated heterocycles. The third-order valence-electron chi connectivity index (χ3n) is 3.29. The topological polar surface area (TPSA) is 26.3 Å². The van der Waals surface area contributed by atoms with Gasteiger partial charge in [0, 0.05) is 18.4 Å². The van der Waals surface area contributed by atoms with E-state index in [4.69, 9.17) is 4.74 Å². The fourth-order valence-corrected chi connectivity index (χ4v) is 2.60. The van der Waals surface area contributed by atoms with Crippen molar-refractivity contribution in [3.8, 4) is 0 Å². The molecule has 3 fully saturated rings. The molecule has 2 heterocycles. The average molecular weight is 154 g/mol. The van der Waals surface area contributed by atoms with Gasteiger partial charge in [0.1, 0.15) is 5.60 Å². The summed E-state index contributed by atoms with van der Waals surface area (Å²) in [5.74, 6) is 1.18. The first kappa shape index (κ1) is 7.29. The van der Waals surface area contributed by atoms with Crippen LogP contribution in [0.15, 0.2) is 0 Å². The van der Waals surface area contributed by atoms with Crippen molar-refractivity contribution < 1.29 is 9.53 Å². The fraction of sp³-hybridized carbons (Fsp3) is 0.889. The van der Waals surface area contributed by atoms with Crippen LogP contribution in [-0.2, 0) is 9.53 Å². The number of hydrogen-bond acceptors (Lipinski definition) is 2. The number of carbonyl (C=O) groups is 1. The van der Waals surface area contributed by atoms with Gasteiger partial charge in [0.2, 0.25) is 0 Å². The van der Waals surface area contributed by atoms with Crippen LogP contribution in [0.4, 0.5) is 0 Å². The molecule has 1 aliphatic carbocycles. The van der Waals surface area contributed by atoms with Crippen molar-refractivity contribution in [2.75, 3.05) is 6.61 Å². The first-order chi connectivity index (χ1) is 5.20. The lowest BCUT2D eigenvalue weighted by molar-refractivity contribution is -0.208. The highest BCUT2D eigenvalue weighted by Crippen LogP contribution is 2.50. The molecule has 0 unspecified atom stereocenters. The van der Waals surface area contributed by atoms with Crippen molar-refractivity contribution in [3.63, 3.8) is 0 Å². The van der Waals surface area contributed by atoms with Crippen molar-refractivity contribution in [2.45, 2.75) is 32.3 Å². The minimum atomic E-state index is -0.391. The van der Waals surface area contributed by atoms with Crippen LogP contribution >= 0.6 is 0 Å². The van der Waals surface area contributed by atoms with Crippen LogP contribution in [0.5, 0.6) is 0 Å². The molecule has 2 nitrogen and oxygen atoms in total. The highest BCUT2D eigenvalue weighted by molar-refractivity contribution is 5.96. The normalized spacial score (nSPS) is 48.7. The third-order valence-corrected chi connectivity index (χ3v) is 3.29. The average Bonchev–Trinajstić information content (AvgIpc) is 2.02. The Hall–Kier alpha value is -0.370. The van der Waals surface area contributed by atoms with Crippen LogP contribution in [0.25, 0.3) is 0 Å². The zero-order chi connectivity index (χ0) is 8.06. The largest absolute Gasteiger partial charge is 0.367 e. The second-order valence-electron chi connectivity index (χ2n) is 3.73. The van der Waals surface area contributed by atoms with Gasteiger partial charge in [-0.1, -0.05) is 6.92 Å². The molecule has 0 radical (unpaired) electrons. The van der Waals surface area contributed by atoms with Crippen LogP contribution in [0.2, 0.25) is 0 Å². The Bertz CT molecular complexity index is 200. The first-order valence-electron chi connectivity index (χ1n) is 4.38.